The molecule has 1 fully saturated rings. The predicted octanol–water partition coefficient (Wildman–Crippen LogP) is 2.20. The second kappa shape index (κ2) is 9.82. The summed E-state index contributed by atoms with van der Waals surface area (Å²) in [5, 5.41) is 0.520. The largest absolute Gasteiger partial charge is 0.452 e. The lowest BCUT2D eigenvalue weighted by Crippen LogP contribution is -2.51. The number of hydrogen-bond donors (Lipinski definition) is 0. The van der Waals surface area contributed by atoms with Crippen molar-refractivity contribution in [3.05, 3.63) is 40.9 Å². The van der Waals surface area contributed by atoms with Gasteiger partial charge in [-0.3, -0.25) is 4.79 Å². The fourth-order valence-electron chi connectivity index (χ4n) is 2.39. The van der Waals surface area contributed by atoms with Gasteiger partial charge in [0, 0.05) is 37.3 Å². The monoisotopic (exact) mass is 380 g/mol. The molecule has 1 aromatic rings. The number of hydrogen-bond acceptors (Lipinski definition) is 5. The highest BCUT2D eigenvalue weighted by atomic mass is 35.5. The Kier molecular flexibility index (Phi) is 7.47. The van der Waals surface area contributed by atoms with Crippen LogP contribution in [-0.2, 0) is 19.1 Å². The fraction of sp³-hybridized carbons (Fsp3) is 0.389. The summed E-state index contributed by atoms with van der Waals surface area (Å²) in [6.45, 7) is 3.26. The lowest BCUT2D eigenvalue weighted by molar-refractivity contribution is -0.148. The first-order valence-corrected chi connectivity index (χ1v) is 8.68. The molecule has 0 N–H and O–H groups in total. The molecule has 7 nitrogen and oxygen atoms in total. The minimum absolute atomic E-state index is 0.298. The maximum absolute atomic E-state index is 12.1. The van der Waals surface area contributed by atoms with Crippen molar-refractivity contribution in [3.63, 3.8) is 0 Å². The van der Waals surface area contributed by atoms with Gasteiger partial charge >= 0.3 is 12.1 Å². The summed E-state index contributed by atoms with van der Waals surface area (Å²) in [6.07, 6.45) is 2.39. The Balaban J connectivity index is 1.74. The van der Waals surface area contributed by atoms with Crippen molar-refractivity contribution in [1.29, 1.82) is 0 Å². The van der Waals surface area contributed by atoms with E-state index in [0.717, 1.165) is 0 Å². The molecule has 2 amide bonds. The van der Waals surface area contributed by atoms with Crippen LogP contribution in [0, 0.1) is 0 Å². The van der Waals surface area contributed by atoms with Crippen molar-refractivity contribution >= 4 is 35.6 Å². The Hall–Kier alpha value is -2.54. The number of piperazine rings is 1. The van der Waals surface area contributed by atoms with Crippen LogP contribution in [0.15, 0.2) is 30.3 Å². The number of ether oxygens (including phenoxy) is 2. The summed E-state index contributed by atoms with van der Waals surface area (Å²) in [5.41, 5.74) is 0.688. The van der Waals surface area contributed by atoms with E-state index < -0.39 is 5.97 Å². The summed E-state index contributed by atoms with van der Waals surface area (Å²) in [5.74, 6) is -0.920. The van der Waals surface area contributed by atoms with E-state index in [2.05, 4.69) is 0 Å². The highest BCUT2D eigenvalue weighted by molar-refractivity contribution is 6.32. The van der Waals surface area contributed by atoms with Gasteiger partial charge in [-0.25, -0.2) is 9.59 Å². The molecule has 1 aliphatic heterocycles. The zero-order chi connectivity index (χ0) is 18.9. The van der Waals surface area contributed by atoms with Crippen LogP contribution in [0.1, 0.15) is 12.5 Å². The van der Waals surface area contributed by atoms with Crippen LogP contribution in [0.5, 0.6) is 0 Å². The van der Waals surface area contributed by atoms with Crippen molar-refractivity contribution in [1.82, 2.24) is 9.80 Å². The van der Waals surface area contributed by atoms with Crippen LogP contribution in [0.2, 0.25) is 5.02 Å². The normalized spacial score (nSPS) is 14.4. The van der Waals surface area contributed by atoms with Crippen molar-refractivity contribution in [3.8, 4) is 0 Å². The van der Waals surface area contributed by atoms with Gasteiger partial charge in [-0.2, -0.15) is 0 Å². The first-order chi connectivity index (χ1) is 12.5. The molecule has 0 spiro atoms. The Bertz CT molecular complexity index is 684. The number of amides is 2. The van der Waals surface area contributed by atoms with Gasteiger partial charge in [-0.15, -0.1) is 0 Å². The molecule has 0 atom stereocenters. The molecule has 8 heteroatoms. The maximum Gasteiger partial charge on any atom is 0.409 e. The number of rotatable bonds is 5. The number of esters is 1. The molecule has 1 saturated heterocycles. The van der Waals surface area contributed by atoms with Crippen LogP contribution in [-0.4, -0.2) is 67.2 Å². The van der Waals surface area contributed by atoms with E-state index in [4.69, 9.17) is 21.1 Å². The van der Waals surface area contributed by atoms with E-state index in [0.29, 0.717) is 43.4 Å². The van der Waals surface area contributed by atoms with E-state index in [9.17, 15) is 14.4 Å². The van der Waals surface area contributed by atoms with Gasteiger partial charge in [0.2, 0.25) is 0 Å². The van der Waals surface area contributed by atoms with Crippen molar-refractivity contribution < 1.29 is 23.9 Å². The third-order valence-electron chi connectivity index (χ3n) is 3.80. The minimum Gasteiger partial charge on any atom is -0.452 e. The van der Waals surface area contributed by atoms with Crippen LogP contribution in [0.4, 0.5) is 4.79 Å². The third kappa shape index (κ3) is 5.77. The number of carbonyl (C=O) groups excluding carboxylic acids is 3. The molecule has 0 radical (unpaired) electrons. The van der Waals surface area contributed by atoms with Crippen LogP contribution >= 0.6 is 11.6 Å². The van der Waals surface area contributed by atoms with Gasteiger partial charge in [-0.05, 0) is 24.6 Å². The zero-order valence-corrected chi connectivity index (χ0v) is 15.3. The Labute approximate surface area is 157 Å². The zero-order valence-electron chi connectivity index (χ0n) is 14.5. The fourth-order valence-corrected chi connectivity index (χ4v) is 2.59. The molecule has 1 aliphatic rings. The smallest absolute Gasteiger partial charge is 0.409 e. The second-order valence-corrected chi connectivity index (χ2v) is 5.94. The summed E-state index contributed by atoms with van der Waals surface area (Å²) in [4.78, 5) is 38.6. The standard InChI is InChI=1S/C18H21ClN2O5/c1-2-25-18(24)21-11-9-20(10-12-21)16(22)13-26-17(23)8-7-14-5-3-4-6-15(14)19/h3-8H,2,9-13H2,1H3/b8-7+. The van der Waals surface area contributed by atoms with E-state index in [1.807, 2.05) is 0 Å². The molecule has 0 aliphatic carbocycles. The first-order valence-electron chi connectivity index (χ1n) is 8.30. The van der Waals surface area contributed by atoms with Crippen molar-refractivity contribution in [2.24, 2.45) is 0 Å². The molecule has 0 unspecified atom stereocenters. The molecule has 2 rings (SSSR count). The van der Waals surface area contributed by atoms with E-state index in [1.54, 1.807) is 41.0 Å². The van der Waals surface area contributed by atoms with E-state index >= 15 is 0 Å². The first kappa shape index (κ1) is 19.8. The van der Waals surface area contributed by atoms with Gasteiger partial charge in [-0.1, -0.05) is 29.8 Å². The summed E-state index contributed by atoms with van der Waals surface area (Å²) in [6, 6.07) is 7.07. The summed E-state index contributed by atoms with van der Waals surface area (Å²) >= 11 is 5.99. The SMILES string of the molecule is CCOC(=O)N1CCN(C(=O)COC(=O)/C=C/c2ccccc2Cl)CC1. The number of halogens is 1. The van der Waals surface area contributed by atoms with Crippen molar-refractivity contribution in [2.75, 3.05) is 39.4 Å². The van der Waals surface area contributed by atoms with Crippen molar-refractivity contribution in [2.45, 2.75) is 6.92 Å². The van der Waals surface area contributed by atoms with Gasteiger partial charge in [0.15, 0.2) is 6.61 Å². The van der Waals surface area contributed by atoms with Crippen LogP contribution in [0.25, 0.3) is 6.08 Å². The van der Waals surface area contributed by atoms with Crippen LogP contribution < -0.4 is 0 Å². The molecule has 1 aromatic carbocycles. The number of nitrogens with zero attached hydrogens (tertiary/aromatic N) is 2. The van der Waals surface area contributed by atoms with E-state index in [-0.39, 0.29) is 18.6 Å². The summed E-state index contributed by atoms with van der Waals surface area (Å²) < 4.78 is 9.89. The minimum atomic E-state index is -0.622. The van der Waals surface area contributed by atoms with Crippen LogP contribution in [0.3, 0.4) is 0 Å². The highest BCUT2D eigenvalue weighted by Crippen LogP contribution is 2.16. The van der Waals surface area contributed by atoms with Gasteiger partial charge in [0.25, 0.3) is 5.91 Å². The Morgan fingerprint density at radius 1 is 1.08 bits per heavy atom. The Morgan fingerprint density at radius 2 is 1.73 bits per heavy atom. The quantitative estimate of drug-likeness (QED) is 0.578. The molecule has 26 heavy (non-hydrogen) atoms. The molecule has 1 heterocycles. The molecule has 0 bridgehead atoms. The molecule has 140 valence electrons. The summed E-state index contributed by atoms with van der Waals surface area (Å²) in [7, 11) is 0. The molecular weight excluding hydrogens is 360 g/mol. The number of benzene rings is 1. The third-order valence-corrected chi connectivity index (χ3v) is 4.14. The molecule has 0 aromatic heterocycles. The average molecular weight is 381 g/mol. The lowest BCUT2D eigenvalue weighted by Gasteiger charge is -2.33. The maximum atomic E-state index is 12.1. The highest BCUT2D eigenvalue weighted by Gasteiger charge is 2.25. The second-order valence-electron chi connectivity index (χ2n) is 5.53. The number of carbonyl (C=O) groups is 3. The van der Waals surface area contributed by atoms with Gasteiger partial charge in [0.1, 0.15) is 0 Å². The Morgan fingerprint density at radius 3 is 2.38 bits per heavy atom. The average Bonchev–Trinajstić information content (AvgIpc) is 2.65. The molecular formula is C18H21ClN2O5. The lowest BCUT2D eigenvalue weighted by atomic mass is 10.2. The topological polar surface area (TPSA) is 76.2 Å². The molecule has 0 saturated carbocycles. The van der Waals surface area contributed by atoms with Gasteiger partial charge < -0.3 is 19.3 Å². The van der Waals surface area contributed by atoms with Gasteiger partial charge in [0.05, 0.1) is 6.61 Å². The van der Waals surface area contributed by atoms with E-state index in [1.165, 1.54) is 12.2 Å². The predicted molar refractivity (Wildman–Crippen MR) is 96.6 cm³/mol.